The third kappa shape index (κ3) is 2.76. The van der Waals surface area contributed by atoms with E-state index in [-0.39, 0.29) is 24.4 Å². The Morgan fingerprint density at radius 1 is 0.667 bits per heavy atom. The van der Waals surface area contributed by atoms with Gasteiger partial charge in [-0.15, -0.1) is 0 Å². The van der Waals surface area contributed by atoms with E-state index in [0.29, 0.717) is 13.2 Å². The number of benzene rings is 2. The zero-order valence-corrected chi connectivity index (χ0v) is 13.4. The smallest absolute Gasteiger partial charge is 0.108 e. The first-order chi connectivity index (χ1) is 11.9. The highest BCUT2D eigenvalue weighted by molar-refractivity contribution is 5.50. The predicted molar refractivity (Wildman–Crippen MR) is 88.0 cm³/mol. The largest absolute Gasteiger partial charge is 0.371 e. The fourth-order valence-electron chi connectivity index (χ4n) is 3.41. The summed E-state index contributed by atoms with van der Waals surface area (Å²) in [5, 5.41) is 0. The Bertz CT molecular complexity index is 626. The molecule has 2 aromatic carbocycles. The van der Waals surface area contributed by atoms with Gasteiger partial charge in [0.15, 0.2) is 0 Å². The highest BCUT2D eigenvalue weighted by Crippen LogP contribution is 2.44. The van der Waals surface area contributed by atoms with Gasteiger partial charge >= 0.3 is 0 Å². The van der Waals surface area contributed by atoms with Crippen LogP contribution in [0.4, 0.5) is 0 Å². The van der Waals surface area contributed by atoms with Crippen LogP contribution in [-0.2, 0) is 18.9 Å². The second kappa shape index (κ2) is 5.97. The van der Waals surface area contributed by atoms with Gasteiger partial charge < -0.3 is 18.9 Å². The molecule has 24 heavy (non-hydrogen) atoms. The molecule has 0 aromatic heterocycles. The maximum Gasteiger partial charge on any atom is 0.108 e. The summed E-state index contributed by atoms with van der Waals surface area (Å²) in [7, 11) is 0. The minimum absolute atomic E-state index is 0.0568. The van der Waals surface area contributed by atoms with E-state index < -0.39 is 0 Å². The molecule has 2 fully saturated rings. The third-order valence-corrected chi connectivity index (χ3v) is 4.82. The van der Waals surface area contributed by atoms with Crippen LogP contribution in [0.25, 0.3) is 0 Å². The van der Waals surface area contributed by atoms with Gasteiger partial charge in [-0.25, -0.2) is 0 Å². The summed E-state index contributed by atoms with van der Waals surface area (Å²) in [6.45, 7) is 2.88. The maximum absolute atomic E-state index is 6.24. The zero-order chi connectivity index (χ0) is 15.9. The molecule has 0 saturated carbocycles. The molecule has 0 spiro atoms. The summed E-state index contributed by atoms with van der Waals surface area (Å²) >= 11 is 0. The topological polar surface area (TPSA) is 43.5 Å². The van der Waals surface area contributed by atoms with Gasteiger partial charge in [0, 0.05) is 0 Å². The first kappa shape index (κ1) is 14.6. The molecule has 0 amide bonds. The van der Waals surface area contributed by atoms with Crippen molar-refractivity contribution >= 4 is 0 Å². The number of hydrogen-bond acceptors (Lipinski definition) is 4. The number of rotatable bonds is 6. The molecule has 0 unspecified atom stereocenters. The van der Waals surface area contributed by atoms with E-state index in [4.69, 9.17) is 18.9 Å². The Hall–Kier alpha value is -1.72. The van der Waals surface area contributed by atoms with Crippen molar-refractivity contribution in [2.45, 2.75) is 24.4 Å². The van der Waals surface area contributed by atoms with Crippen molar-refractivity contribution in [2.75, 3.05) is 26.4 Å². The number of ether oxygens (including phenoxy) is 4. The molecule has 2 aromatic rings. The van der Waals surface area contributed by atoms with Crippen LogP contribution in [-0.4, -0.2) is 38.6 Å². The van der Waals surface area contributed by atoms with E-state index in [9.17, 15) is 0 Å². The van der Waals surface area contributed by atoms with E-state index in [1.54, 1.807) is 0 Å². The van der Waals surface area contributed by atoms with Crippen molar-refractivity contribution < 1.29 is 18.9 Å². The zero-order valence-electron chi connectivity index (χ0n) is 13.4. The van der Waals surface area contributed by atoms with Crippen LogP contribution in [0.5, 0.6) is 0 Å². The van der Waals surface area contributed by atoms with Gasteiger partial charge in [0.25, 0.3) is 0 Å². The van der Waals surface area contributed by atoms with Gasteiger partial charge in [-0.1, -0.05) is 48.5 Å². The Morgan fingerprint density at radius 2 is 1.00 bits per heavy atom. The lowest BCUT2D eigenvalue weighted by atomic mass is 9.82. The highest BCUT2D eigenvalue weighted by Gasteiger charge is 2.35. The fourth-order valence-corrected chi connectivity index (χ4v) is 3.41. The second-order valence-electron chi connectivity index (χ2n) is 6.60. The summed E-state index contributed by atoms with van der Waals surface area (Å²) in [4.78, 5) is 0. The van der Waals surface area contributed by atoms with Crippen molar-refractivity contribution in [3.05, 3.63) is 70.8 Å². The molecule has 0 radical (unpaired) electrons. The molecular weight excluding hydrogens is 304 g/mol. The molecule has 2 saturated heterocycles. The average Bonchev–Trinajstić information content (AvgIpc) is 3.53. The van der Waals surface area contributed by atoms with E-state index in [2.05, 4.69) is 48.5 Å². The molecule has 1 aliphatic carbocycles. The Balaban J connectivity index is 1.52. The van der Waals surface area contributed by atoms with Gasteiger partial charge in [0.2, 0.25) is 0 Å². The molecule has 2 aliphatic heterocycles. The maximum atomic E-state index is 6.24. The minimum atomic E-state index is -0.0568. The van der Waals surface area contributed by atoms with Crippen LogP contribution in [0.15, 0.2) is 48.5 Å². The van der Waals surface area contributed by atoms with Gasteiger partial charge in [0.1, 0.15) is 24.4 Å². The monoisotopic (exact) mass is 324 g/mol. The molecule has 2 heterocycles. The summed E-state index contributed by atoms with van der Waals surface area (Å²) in [5.41, 5.74) is 4.77. The predicted octanol–water partition coefficient (Wildman–Crippen LogP) is 3.01. The van der Waals surface area contributed by atoms with Crippen LogP contribution in [0.2, 0.25) is 0 Å². The first-order valence-corrected chi connectivity index (χ1v) is 8.54. The highest BCUT2D eigenvalue weighted by atomic mass is 16.6. The van der Waals surface area contributed by atoms with Gasteiger partial charge in [-0.3, -0.25) is 0 Å². The van der Waals surface area contributed by atoms with Gasteiger partial charge in [-0.2, -0.15) is 0 Å². The molecule has 5 rings (SSSR count). The van der Waals surface area contributed by atoms with Crippen molar-refractivity contribution in [1.82, 2.24) is 0 Å². The number of epoxide rings is 2. The number of hydrogen-bond donors (Lipinski definition) is 0. The lowest BCUT2D eigenvalue weighted by Crippen LogP contribution is -2.23. The lowest BCUT2D eigenvalue weighted by molar-refractivity contribution is 0.0383. The molecule has 3 aliphatic rings. The standard InChI is InChI=1S/C20H20O4/c1-2-6-16-15(5-1)19(23-11-13-9-21-13)17-7-3-4-8-18(17)20(16)24-12-14-10-22-14/h1-8,13-14,19-20H,9-12H2/t13-,14+,19?,20?. The van der Waals surface area contributed by atoms with Crippen molar-refractivity contribution in [2.24, 2.45) is 0 Å². The lowest BCUT2D eigenvalue weighted by Gasteiger charge is -2.33. The molecule has 0 bridgehead atoms. The minimum Gasteiger partial charge on any atom is -0.371 e. The molecular formula is C20H20O4. The van der Waals surface area contributed by atoms with Gasteiger partial charge in [0.05, 0.1) is 26.4 Å². The van der Waals surface area contributed by atoms with Crippen LogP contribution >= 0.6 is 0 Å². The van der Waals surface area contributed by atoms with Crippen molar-refractivity contribution in [1.29, 1.82) is 0 Å². The van der Waals surface area contributed by atoms with E-state index in [1.807, 2.05) is 0 Å². The fraction of sp³-hybridized carbons (Fsp3) is 0.400. The van der Waals surface area contributed by atoms with Crippen LogP contribution < -0.4 is 0 Å². The van der Waals surface area contributed by atoms with Crippen LogP contribution in [0, 0.1) is 0 Å². The third-order valence-electron chi connectivity index (χ3n) is 4.82. The summed E-state index contributed by atoms with van der Waals surface area (Å²) in [6, 6.07) is 16.9. The Morgan fingerprint density at radius 3 is 1.29 bits per heavy atom. The molecule has 4 heteroatoms. The SMILES string of the molecule is c1ccc2c(c1)C(OC[C@@H]1CO1)c1ccccc1C2OC[C@H]1CO1. The first-order valence-electron chi connectivity index (χ1n) is 8.54. The van der Waals surface area contributed by atoms with E-state index in [1.165, 1.54) is 22.3 Å². The van der Waals surface area contributed by atoms with E-state index in [0.717, 1.165) is 13.2 Å². The number of fused-ring (bicyclic) bond motifs is 2. The van der Waals surface area contributed by atoms with Crippen molar-refractivity contribution in [3.8, 4) is 0 Å². The summed E-state index contributed by atoms with van der Waals surface area (Å²) in [5.74, 6) is 0. The Kier molecular flexibility index (Phi) is 3.64. The summed E-state index contributed by atoms with van der Waals surface area (Å²) in [6.07, 6.45) is 0.396. The van der Waals surface area contributed by atoms with Crippen LogP contribution in [0.1, 0.15) is 34.5 Å². The molecule has 124 valence electrons. The second-order valence-corrected chi connectivity index (χ2v) is 6.60. The molecule has 0 N–H and O–H groups in total. The Labute approximate surface area is 141 Å². The van der Waals surface area contributed by atoms with Gasteiger partial charge in [-0.05, 0) is 22.3 Å². The van der Waals surface area contributed by atoms with Crippen molar-refractivity contribution in [3.63, 3.8) is 0 Å². The normalized spacial score (nSPS) is 29.7. The van der Waals surface area contributed by atoms with E-state index >= 15 is 0 Å². The summed E-state index contributed by atoms with van der Waals surface area (Å²) < 4.78 is 23.1. The molecule has 4 nitrogen and oxygen atoms in total. The van der Waals surface area contributed by atoms with Crippen LogP contribution in [0.3, 0.4) is 0 Å². The molecule has 2 atom stereocenters. The quantitative estimate of drug-likeness (QED) is 0.766. The average molecular weight is 324 g/mol.